The van der Waals surface area contributed by atoms with Crippen LogP contribution in [-0.2, 0) is 47.5 Å². The molecule has 268 valence electrons. The van der Waals surface area contributed by atoms with Crippen LogP contribution in [-0.4, -0.2) is 94.5 Å². The van der Waals surface area contributed by atoms with Crippen molar-refractivity contribution in [2.45, 2.75) is 102 Å². The summed E-state index contributed by atoms with van der Waals surface area (Å²) >= 11 is 3.64. The van der Waals surface area contributed by atoms with Crippen LogP contribution < -0.4 is 22.5 Å². The van der Waals surface area contributed by atoms with Crippen molar-refractivity contribution in [1.29, 1.82) is 0 Å². The average Bonchev–Trinajstić information content (AvgIpc) is 3.48. The summed E-state index contributed by atoms with van der Waals surface area (Å²) in [6.45, 7) is 10.7. The molecule has 4 rings (SSSR count). The summed E-state index contributed by atoms with van der Waals surface area (Å²) in [4.78, 5) is 73.2. The van der Waals surface area contributed by atoms with Crippen molar-refractivity contribution >= 4 is 58.1 Å². The minimum Gasteiger partial charge on any atom is -0.462 e. The Balaban J connectivity index is 0.000000260. The Morgan fingerprint density at radius 2 is 1.04 bits per heavy atom. The van der Waals surface area contributed by atoms with Crippen LogP contribution in [0.5, 0.6) is 0 Å². The number of nitrogens with one attached hydrogen (secondary N) is 2. The first kappa shape index (κ1) is 40.0. The van der Waals surface area contributed by atoms with E-state index in [9.17, 15) is 28.8 Å². The number of hydrogen-bond acceptors (Lipinski definition) is 14. The third-order valence-corrected chi connectivity index (χ3v) is 8.80. The Morgan fingerprint density at radius 1 is 0.708 bits per heavy atom. The molecule has 8 atom stereocenters. The lowest BCUT2D eigenvalue weighted by Crippen LogP contribution is -2.45. The van der Waals surface area contributed by atoms with Crippen molar-refractivity contribution in [1.82, 2.24) is 19.1 Å². The fraction of sp³-hybridized carbons (Fsp3) is 0.643. The lowest BCUT2D eigenvalue weighted by atomic mass is 10.1. The molecule has 2 saturated heterocycles. The molecule has 2 aliphatic heterocycles. The van der Waals surface area contributed by atoms with E-state index in [-0.39, 0.29) is 0 Å². The van der Waals surface area contributed by atoms with E-state index in [1.165, 1.54) is 35.7 Å². The summed E-state index contributed by atoms with van der Waals surface area (Å²) in [6.07, 6.45) is -3.04. The predicted molar refractivity (Wildman–Crippen MR) is 181 cm³/mol. The number of nitrogens with zero attached hydrogens (tertiary/aromatic N) is 2. The predicted octanol–water partition coefficient (Wildman–Crippen LogP) is 0.736. The van der Waals surface area contributed by atoms with Crippen molar-refractivity contribution in [2.75, 3.05) is 14.2 Å². The van der Waals surface area contributed by atoms with E-state index in [1.54, 1.807) is 41.5 Å². The third-order valence-electron chi connectivity index (χ3n) is 7.27. The molecule has 0 aliphatic carbocycles. The van der Waals surface area contributed by atoms with Gasteiger partial charge >= 0.3 is 11.4 Å². The fourth-order valence-electron chi connectivity index (χ4n) is 5.25. The topological polar surface area (TPSA) is 218 Å². The second-order valence-electron chi connectivity index (χ2n) is 11.5. The zero-order chi connectivity index (χ0) is 36.1. The first-order valence-electron chi connectivity index (χ1n) is 14.4. The summed E-state index contributed by atoms with van der Waals surface area (Å²) in [5.74, 6) is -1.98. The molecule has 0 spiro atoms. The number of carbonyl (C=O) groups excluding carboxylic acids is 2. The lowest BCUT2D eigenvalue weighted by molar-refractivity contribution is -0.172. The average molecular weight is 908 g/mol. The Morgan fingerprint density at radius 3 is 1.33 bits per heavy atom. The van der Waals surface area contributed by atoms with E-state index >= 15 is 0 Å². The number of H-pyrrole nitrogens is 2. The third kappa shape index (κ3) is 9.39. The first-order chi connectivity index (χ1) is 22.4. The van der Waals surface area contributed by atoms with Crippen LogP contribution in [0.1, 0.15) is 54.0 Å². The minimum absolute atomic E-state index is 0.321. The number of ether oxygens (including phenoxy) is 8. The second-order valence-corrected chi connectivity index (χ2v) is 13.9. The van der Waals surface area contributed by atoms with Gasteiger partial charge in [0.05, 0.1) is 7.14 Å². The molecule has 4 heterocycles. The smallest absolute Gasteiger partial charge is 0.330 e. The molecule has 0 unspecified atom stereocenters. The molecule has 2 aromatic rings. The molecular formula is C28H38I2N4O14. The van der Waals surface area contributed by atoms with E-state index in [0.29, 0.717) is 20.1 Å². The highest BCUT2D eigenvalue weighted by atomic mass is 127. The Bertz CT molecular complexity index is 1550. The zero-order valence-corrected chi connectivity index (χ0v) is 31.6. The van der Waals surface area contributed by atoms with Gasteiger partial charge in [-0.3, -0.25) is 38.3 Å². The highest BCUT2D eigenvalue weighted by molar-refractivity contribution is 14.1. The van der Waals surface area contributed by atoms with E-state index in [2.05, 4.69) is 9.97 Å². The molecule has 2 fully saturated rings. The molecule has 2 N–H and O–H groups in total. The van der Waals surface area contributed by atoms with Crippen molar-refractivity contribution in [3.8, 4) is 0 Å². The Hall–Kier alpha value is -2.48. The van der Waals surface area contributed by atoms with Gasteiger partial charge < -0.3 is 37.9 Å². The maximum Gasteiger partial charge on any atom is 0.330 e. The van der Waals surface area contributed by atoms with Crippen LogP contribution in [0.2, 0.25) is 0 Å². The van der Waals surface area contributed by atoms with Crippen molar-refractivity contribution in [3.63, 3.8) is 0 Å². The van der Waals surface area contributed by atoms with Gasteiger partial charge in [0.15, 0.2) is 24.0 Å². The zero-order valence-electron chi connectivity index (χ0n) is 27.3. The van der Waals surface area contributed by atoms with Gasteiger partial charge in [-0.05, 0) is 86.7 Å². The number of hydrogen-bond donors (Lipinski definition) is 2. The number of rotatable bonds is 12. The highest BCUT2D eigenvalue weighted by Crippen LogP contribution is 2.39. The maximum atomic E-state index is 12.2. The number of aromatic nitrogens is 4. The summed E-state index contributed by atoms with van der Waals surface area (Å²) in [6, 6.07) is 0. The van der Waals surface area contributed by atoms with Gasteiger partial charge in [0.25, 0.3) is 24.1 Å². The molecule has 0 amide bonds. The second kappa shape index (κ2) is 16.5. The van der Waals surface area contributed by atoms with Gasteiger partial charge in [-0.1, -0.05) is 0 Å². The van der Waals surface area contributed by atoms with Gasteiger partial charge in [-0.25, -0.2) is 9.59 Å². The summed E-state index contributed by atoms with van der Waals surface area (Å²) in [5, 5.41) is 0. The van der Waals surface area contributed by atoms with E-state index < -0.39 is 83.2 Å². The lowest BCUT2D eigenvalue weighted by Gasteiger charge is -2.29. The van der Waals surface area contributed by atoms with Crippen molar-refractivity contribution in [2.24, 2.45) is 0 Å². The molecule has 2 aliphatic rings. The van der Waals surface area contributed by atoms with Crippen LogP contribution in [0.25, 0.3) is 0 Å². The molecular weight excluding hydrogens is 870 g/mol. The van der Waals surface area contributed by atoms with E-state index in [1.807, 2.05) is 45.2 Å². The minimum atomic E-state index is -0.992. The standard InChI is InChI=1S/2C14H19IN2O7/c2*1-7(22-6-18)9(21-4)10-12(24-14(2,3)23-10)17-5-8(15)11(19)16-13(17)20/h2*5-7,9-10,12H,1-4H3,(H,16,19,20)/t2*7-,9-,10+,12+/m00/s1. The number of carbonyl (C=O) groups is 2. The van der Waals surface area contributed by atoms with Crippen LogP contribution in [0.4, 0.5) is 0 Å². The molecule has 2 aromatic heterocycles. The van der Waals surface area contributed by atoms with Crippen molar-refractivity contribution < 1.29 is 47.5 Å². The van der Waals surface area contributed by atoms with Crippen LogP contribution in [0.3, 0.4) is 0 Å². The number of methoxy groups -OCH3 is 2. The van der Waals surface area contributed by atoms with Gasteiger partial charge in [0, 0.05) is 26.6 Å². The molecule has 18 nitrogen and oxygen atoms in total. The normalized spacial score (nSPS) is 25.2. The molecule has 48 heavy (non-hydrogen) atoms. The fourth-order valence-corrected chi connectivity index (χ4v) is 6.12. The van der Waals surface area contributed by atoms with Gasteiger partial charge in [-0.15, -0.1) is 0 Å². The molecule has 20 heteroatoms. The largest absolute Gasteiger partial charge is 0.462 e. The Labute approximate surface area is 300 Å². The first-order valence-corrected chi connectivity index (χ1v) is 16.5. The molecule has 0 bridgehead atoms. The summed E-state index contributed by atoms with van der Waals surface area (Å²) < 4.78 is 47.2. The van der Waals surface area contributed by atoms with Crippen LogP contribution in [0, 0.1) is 7.14 Å². The summed E-state index contributed by atoms with van der Waals surface area (Å²) in [5.41, 5.74) is -2.22. The van der Waals surface area contributed by atoms with Crippen LogP contribution in [0.15, 0.2) is 31.6 Å². The van der Waals surface area contributed by atoms with Gasteiger partial charge in [-0.2, -0.15) is 0 Å². The Kier molecular flexibility index (Phi) is 13.7. The monoisotopic (exact) mass is 908 g/mol. The maximum absolute atomic E-state index is 12.2. The number of halogens is 2. The van der Waals surface area contributed by atoms with E-state index in [4.69, 9.17) is 37.9 Å². The van der Waals surface area contributed by atoms with E-state index in [0.717, 1.165) is 0 Å². The van der Waals surface area contributed by atoms with Crippen LogP contribution >= 0.6 is 45.2 Å². The molecule has 0 radical (unpaired) electrons. The molecule has 0 saturated carbocycles. The summed E-state index contributed by atoms with van der Waals surface area (Å²) in [7, 11) is 2.89. The highest BCUT2D eigenvalue weighted by Gasteiger charge is 2.50. The SMILES string of the molecule is CO[C@H]([C@H]1OC(C)(C)O[C@H]1n1cc(I)c(=O)[nH]c1=O)[C@H](C)OC=O.CO[C@H]([C@H]1OC(C)(C)O[C@H]1n1cc(I)c(=O)[nH]c1=O)[C@H](C)OC=O. The number of aromatic amines is 2. The quantitative estimate of drug-likeness (QED) is 0.222. The van der Waals surface area contributed by atoms with Gasteiger partial charge in [0.1, 0.15) is 36.6 Å². The van der Waals surface area contributed by atoms with Gasteiger partial charge in [0.2, 0.25) is 0 Å². The molecule has 0 aromatic carbocycles. The van der Waals surface area contributed by atoms with Crippen molar-refractivity contribution in [3.05, 3.63) is 61.2 Å².